The molecular weight excluding hydrogens is 231 g/mol. The Balaban J connectivity index is 2.22. The van der Waals surface area contributed by atoms with E-state index in [9.17, 15) is 4.39 Å². The Hall–Kier alpha value is -2.56. The summed E-state index contributed by atoms with van der Waals surface area (Å²) in [6.45, 7) is 0. The maximum absolute atomic E-state index is 13.8. The summed E-state index contributed by atoms with van der Waals surface area (Å²) in [4.78, 5) is 4.05. The summed E-state index contributed by atoms with van der Waals surface area (Å²) in [5.74, 6) is -0.282. The van der Waals surface area contributed by atoms with Crippen LogP contribution in [0.5, 0.6) is 0 Å². The summed E-state index contributed by atoms with van der Waals surface area (Å²) >= 11 is 0. The van der Waals surface area contributed by atoms with Gasteiger partial charge >= 0.3 is 0 Å². The molecular formula is C13H9FN4. The maximum Gasteiger partial charge on any atom is 0.131 e. The number of benzene rings is 1. The number of hydrogen-bond acceptors (Lipinski definition) is 3. The number of halogens is 1. The first-order chi connectivity index (χ1) is 8.86. The smallest absolute Gasteiger partial charge is 0.131 e. The summed E-state index contributed by atoms with van der Waals surface area (Å²) in [5.41, 5.74) is 2.66. The van der Waals surface area contributed by atoms with Gasteiger partial charge in [-0.1, -0.05) is 18.2 Å². The van der Waals surface area contributed by atoms with Crippen molar-refractivity contribution in [3.63, 3.8) is 0 Å². The molecule has 0 aliphatic heterocycles. The van der Waals surface area contributed by atoms with E-state index in [1.807, 2.05) is 0 Å². The van der Waals surface area contributed by atoms with Crippen LogP contribution in [0.1, 0.15) is 0 Å². The molecule has 2 heterocycles. The van der Waals surface area contributed by atoms with E-state index in [4.69, 9.17) is 0 Å². The minimum Gasteiger partial charge on any atom is -0.264 e. The van der Waals surface area contributed by atoms with Crippen molar-refractivity contribution in [3.8, 4) is 22.4 Å². The van der Waals surface area contributed by atoms with E-state index in [2.05, 4.69) is 20.4 Å². The SMILES string of the molecule is Fc1ccccc1-c1cnccc1-c1cn[nH]n1. The standard InChI is InChI=1S/C13H9FN4/c14-12-4-2-1-3-9(12)11-7-15-6-5-10(11)13-8-16-18-17-13/h1-8H,(H,16,17,18). The average molecular weight is 240 g/mol. The first-order valence-corrected chi connectivity index (χ1v) is 5.41. The Morgan fingerprint density at radius 3 is 2.61 bits per heavy atom. The molecule has 3 aromatic rings. The van der Waals surface area contributed by atoms with Gasteiger partial charge in [0.25, 0.3) is 0 Å². The van der Waals surface area contributed by atoms with Gasteiger partial charge in [-0.15, -0.1) is 0 Å². The summed E-state index contributed by atoms with van der Waals surface area (Å²) < 4.78 is 13.8. The van der Waals surface area contributed by atoms with Crippen molar-refractivity contribution < 1.29 is 4.39 Å². The molecule has 0 unspecified atom stereocenters. The molecule has 18 heavy (non-hydrogen) atoms. The lowest BCUT2D eigenvalue weighted by molar-refractivity contribution is 0.631. The second-order valence-electron chi connectivity index (χ2n) is 3.76. The lowest BCUT2D eigenvalue weighted by Crippen LogP contribution is -1.89. The van der Waals surface area contributed by atoms with Crippen LogP contribution in [0.3, 0.4) is 0 Å². The van der Waals surface area contributed by atoms with Gasteiger partial charge in [-0.25, -0.2) is 4.39 Å². The quantitative estimate of drug-likeness (QED) is 0.749. The number of hydrogen-bond donors (Lipinski definition) is 1. The van der Waals surface area contributed by atoms with Crippen LogP contribution < -0.4 is 0 Å². The molecule has 5 heteroatoms. The van der Waals surface area contributed by atoms with E-state index in [0.717, 1.165) is 5.56 Å². The van der Waals surface area contributed by atoms with Crippen molar-refractivity contribution in [2.75, 3.05) is 0 Å². The maximum atomic E-state index is 13.8. The average Bonchev–Trinajstić information content (AvgIpc) is 2.93. The van der Waals surface area contributed by atoms with E-state index in [-0.39, 0.29) is 5.82 Å². The lowest BCUT2D eigenvalue weighted by atomic mass is 10.00. The van der Waals surface area contributed by atoms with E-state index in [1.165, 1.54) is 6.07 Å². The molecule has 1 aromatic carbocycles. The first kappa shape index (κ1) is 10.6. The van der Waals surface area contributed by atoms with Crippen LogP contribution in [0.4, 0.5) is 4.39 Å². The molecule has 0 fully saturated rings. The molecule has 0 atom stereocenters. The fourth-order valence-corrected chi connectivity index (χ4v) is 1.84. The van der Waals surface area contributed by atoms with Crippen molar-refractivity contribution in [2.24, 2.45) is 0 Å². The molecule has 0 aliphatic rings. The molecule has 1 N–H and O–H groups in total. The van der Waals surface area contributed by atoms with Gasteiger partial charge in [0.1, 0.15) is 11.5 Å². The second-order valence-corrected chi connectivity index (χ2v) is 3.76. The van der Waals surface area contributed by atoms with Gasteiger partial charge in [0.15, 0.2) is 0 Å². The molecule has 3 rings (SSSR count). The van der Waals surface area contributed by atoms with Crippen LogP contribution in [0.25, 0.3) is 22.4 Å². The third kappa shape index (κ3) is 1.75. The fourth-order valence-electron chi connectivity index (χ4n) is 1.84. The van der Waals surface area contributed by atoms with Crippen LogP contribution in [-0.2, 0) is 0 Å². The number of rotatable bonds is 2. The first-order valence-electron chi connectivity index (χ1n) is 5.41. The molecule has 0 radical (unpaired) electrons. The Kier molecular flexibility index (Phi) is 2.57. The normalized spacial score (nSPS) is 10.5. The summed E-state index contributed by atoms with van der Waals surface area (Å²) in [7, 11) is 0. The monoisotopic (exact) mass is 240 g/mol. The molecule has 0 saturated heterocycles. The number of H-pyrrole nitrogens is 1. The van der Waals surface area contributed by atoms with Crippen LogP contribution >= 0.6 is 0 Å². The van der Waals surface area contributed by atoms with Gasteiger partial charge in [-0.05, 0) is 12.1 Å². The van der Waals surface area contributed by atoms with Gasteiger partial charge in [0.2, 0.25) is 0 Å². The van der Waals surface area contributed by atoms with E-state index >= 15 is 0 Å². The third-order valence-electron chi connectivity index (χ3n) is 2.68. The summed E-state index contributed by atoms with van der Waals surface area (Å²) in [6, 6.07) is 8.38. The summed E-state index contributed by atoms with van der Waals surface area (Å²) in [6.07, 6.45) is 4.87. The number of pyridine rings is 1. The topological polar surface area (TPSA) is 54.5 Å². The zero-order valence-electron chi connectivity index (χ0n) is 9.34. The highest BCUT2D eigenvalue weighted by atomic mass is 19.1. The van der Waals surface area contributed by atoms with Crippen LogP contribution in [-0.4, -0.2) is 20.4 Å². The molecule has 4 nitrogen and oxygen atoms in total. The summed E-state index contributed by atoms with van der Waals surface area (Å²) in [5, 5.41) is 10.3. The van der Waals surface area contributed by atoms with Crippen LogP contribution in [0.15, 0.2) is 48.9 Å². The molecule has 0 spiro atoms. The lowest BCUT2D eigenvalue weighted by Gasteiger charge is -2.07. The molecule has 0 amide bonds. The minimum atomic E-state index is -0.282. The van der Waals surface area contributed by atoms with Gasteiger partial charge in [0.05, 0.1) is 6.20 Å². The van der Waals surface area contributed by atoms with Crippen molar-refractivity contribution in [2.45, 2.75) is 0 Å². The number of aromatic nitrogens is 4. The second kappa shape index (κ2) is 4.37. The molecule has 88 valence electrons. The molecule has 2 aromatic heterocycles. The van der Waals surface area contributed by atoms with Crippen molar-refractivity contribution >= 4 is 0 Å². The predicted octanol–water partition coefficient (Wildman–Crippen LogP) is 2.67. The van der Waals surface area contributed by atoms with E-state index in [1.54, 1.807) is 42.9 Å². The van der Waals surface area contributed by atoms with Gasteiger partial charge < -0.3 is 0 Å². The Bertz CT molecular complexity index is 664. The number of nitrogens with one attached hydrogen (secondary N) is 1. The molecule has 0 aliphatic carbocycles. The van der Waals surface area contributed by atoms with Gasteiger partial charge in [-0.3, -0.25) is 4.98 Å². The van der Waals surface area contributed by atoms with E-state index < -0.39 is 0 Å². The van der Waals surface area contributed by atoms with E-state index in [0.29, 0.717) is 16.8 Å². The predicted molar refractivity (Wildman–Crippen MR) is 65.0 cm³/mol. The zero-order valence-corrected chi connectivity index (χ0v) is 9.34. The van der Waals surface area contributed by atoms with Crippen LogP contribution in [0.2, 0.25) is 0 Å². The third-order valence-corrected chi connectivity index (χ3v) is 2.68. The Morgan fingerprint density at radius 1 is 0.944 bits per heavy atom. The Morgan fingerprint density at radius 2 is 1.83 bits per heavy atom. The highest BCUT2D eigenvalue weighted by molar-refractivity contribution is 5.80. The largest absolute Gasteiger partial charge is 0.264 e. The number of nitrogens with zero attached hydrogens (tertiary/aromatic N) is 3. The number of aromatic amines is 1. The highest BCUT2D eigenvalue weighted by Crippen LogP contribution is 2.30. The Labute approximate surface area is 103 Å². The van der Waals surface area contributed by atoms with Crippen molar-refractivity contribution in [3.05, 3.63) is 54.7 Å². The fraction of sp³-hybridized carbons (Fsp3) is 0. The van der Waals surface area contributed by atoms with Crippen molar-refractivity contribution in [1.29, 1.82) is 0 Å². The van der Waals surface area contributed by atoms with Crippen LogP contribution in [0, 0.1) is 5.82 Å². The zero-order chi connectivity index (χ0) is 12.4. The van der Waals surface area contributed by atoms with Crippen molar-refractivity contribution in [1.82, 2.24) is 20.4 Å². The molecule has 0 bridgehead atoms. The minimum absolute atomic E-state index is 0.282. The van der Waals surface area contributed by atoms with Gasteiger partial charge in [-0.2, -0.15) is 15.4 Å². The van der Waals surface area contributed by atoms with Gasteiger partial charge in [0, 0.05) is 29.1 Å². The molecule has 0 saturated carbocycles. The highest BCUT2D eigenvalue weighted by Gasteiger charge is 2.12.